The maximum absolute atomic E-state index is 9.42. The molecule has 0 aliphatic carbocycles. The van der Waals surface area contributed by atoms with Gasteiger partial charge in [0, 0.05) is 13.1 Å². The second-order valence-corrected chi connectivity index (χ2v) is 4.14. The maximum atomic E-state index is 9.42. The van der Waals surface area contributed by atoms with Gasteiger partial charge in [0.05, 0.1) is 5.69 Å². The molecule has 0 heterocycles. The van der Waals surface area contributed by atoms with Gasteiger partial charge >= 0.3 is 0 Å². The lowest BCUT2D eigenvalue weighted by Gasteiger charge is -2.21. The third-order valence-electron chi connectivity index (χ3n) is 1.66. The van der Waals surface area contributed by atoms with Crippen molar-refractivity contribution < 1.29 is 9.84 Å². The number of phenols is 1. The number of rotatable bonds is 2. The molecular formula is C11H17NO2. The minimum absolute atomic E-state index is 0.220. The Hall–Kier alpha value is -1.38. The summed E-state index contributed by atoms with van der Waals surface area (Å²) in [6.45, 7) is 5.96. The average Bonchev–Trinajstić information content (AvgIpc) is 2.06. The molecule has 0 bridgehead atoms. The zero-order valence-corrected chi connectivity index (χ0v) is 9.09. The second-order valence-electron chi connectivity index (χ2n) is 4.14. The Balaban J connectivity index is 2.90. The van der Waals surface area contributed by atoms with E-state index in [1.165, 1.54) is 0 Å². The van der Waals surface area contributed by atoms with E-state index in [-0.39, 0.29) is 11.4 Å². The van der Waals surface area contributed by atoms with Gasteiger partial charge in [0.25, 0.3) is 0 Å². The van der Waals surface area contributed by atoms with Crippen molar-refractivity contribution in [1.82, 2.24) is 0 Å². The molecule has 14 heavy (non-hydrogen) atoms. The van der Waals surface area contributed by atoms with Gasteiger partial charge in [-0.05, 0) is 32.9 Å². The monoisotopic (exact) mass is 195 g/mol. The summed E-state index contributed by atoms with van der Waals surface area (Å²) < 4.78 is 5.65. The first-order chi connectivity index (χ1) is 6.42. The van der Waals surface area contributed by atoms with Crippen molar-refractivity contribution in [3.8, 4) is 11.5 Å². The van der Waals surface area contributed by atoms with Gasteiger partial charge in [-0.3, -0.25) is 0 Å². The minimum Gasteiger partial charge on any atom is -0.506 e. The van der Waals surface area contributed by atoms with Gasteiger partial charge < -0.3 is 15.2 Å². The van der Waals surface area contributed by atoms with Gasteiger partial charge in [0.2, 0.25) is 0 Å². The number of nitrogens with one attached hydrogen (secondary N) is 1. The number of aromatic hydroxyl groups is 1. The molecule has 0 saturated carbocycles. The summed E-state index contributed by atoms with van der Waals surface area (Å²) in [6, 6.07) is 5.15. The Morgan fingerprint density at radius 2 is 1.93 bits per heavy atom. The van der Waals surface area contributed by atoms with Crippen molar-refractivity contribution >= 4 is 5.69 Å². The van der Waals surface area contributed by atoms with Crippen molar-refractivity contribution in [3.63, 3.8) is 0 Å². The van der Waals surface area contributed by atoms with E-state index in [2.05, 4.69) is 5.32 Å². The van der Waals surface area contributed by atoms with Crippen LogP contribution < -0.4 is 10.1 Å². The Bertz CT molecular complexity index is 316. The zero-order valence-electron chi connectivity index (χ0n) is 9.09. The Morgan fingerprint density at radius 1 is 1.29 bits per heavy atom. The topological polar surface area (TPSA) is 41.5 Å². The molecule has 1 aromatic rings. The lowest BCUT2D eigenvalue weighted by atomic mass is 10.2. The molecule has 0 atom stereocenters. The number of phenolic OH excluding ortho intramolecular Hbond substituents is 1. The summed E-state index contributed by atoms with van der Waals surface area (Å²) in [6.07, 6.45) is 0. The van der Waals surface area contributed by atoms with Gasteiger partial charge in [-0.25, -0.2) is 0 Å². The Kier molecular flexibility index (Phi) is 2.89. The van der Waals surface area contributed by atoms with Crippen LogP contribution in [0.1, 0.15) is 20.8 Å². The van der Waals surface area contributed by atoms with Gasteiger partial charge in [-0.15, -0.1) is 0 Å². The van der Waals surface area contributed by atoms with Crippen LogP contribution in [-0.4, -0.2) is 17.8 Å². The molecule has 3 nitrogen and oxygen atoms in total. The number of benzene rings is 1. The summed E-state index contributed by atoms with van der Waals surface area (Å²) >= 11 is 0. The number of hydrogen-bond acceptors (Lipinski definition) is 3. The number of ether oxygens (including phenoxy) is 1. The third-order valence-corrected chi connectivity index (χ3v) is 1.66. The molecule has 0 aromatic heterocycles. The molecule has 0 aliphatic heterocycles. The van der Waals surface area contributed by atoms with Gasteiger partial charge in [-0.2, -0.15) is 0 Å². The SMILES string of the molecule is CNc1cc(OC(C)(C)C)ccc1O. The van der Waals surface area contributed by atoms with Crippen molar-refractivity contribution in [2.24, 2.45) is 0 Å². The first kappa shape index (κ1) is 10.7. The first-order valence-electron chi connectivity index (χ1n) is 4.62. The van der Waals surface area contributed by atoms with Crippen molar-refractivity contribution in [3.05, 3.63) is 18.2 Å². The maximum Gasteiger partial charge on any atom is 0.138 e. The molecule has 0 fully saturated rings. The molecule has 78 valence electrons. The van der Waals surface area contributed by atoms with Crippen LogP contribution in [0.5, 0.6) is 11.5 Å². The second kappa shape index (κ2) is 3.78. The van der Waals surface area contributed by atoms with Crippen LogP contribution in [0.3, 0.4) is 0 Å². The Morgan fingerprint density at radius 3 is 2.43 bits per heavy atom. The summed E-state index contributed by atoms with van der Waals surface area (Å²) in [5.41, 5.74) is 0.453. The van der Waals surface area contributed by atoms with Gasteiger partial charge in [-0.1, -0.05) is 0 Å². The molecule has 0 amide bonds. The predicted molar refractivity (Wildman–Crippen MR) is 58.0 cm³/mol. The van der Waals surface area contributed by atoms with E-state index in [4.69, 9.17) is 4.74 Å². The smallest absolute Gasteiger partial charge is 0.138 e. The minimum atomic E-state index is -0.220. The first-order valence-corrected chi connectivity index (χ1v) is 4.62. The van der Waals surface area contributed by atoms with Crippen LogP contribution in [-0.2, 0) is 0 Å². The van der Waals surface area contributed by atoms with Crippen molar-refractivity contribution in [1.29, 1.82) is 0 Å². The van der Waals surface area contributed by atoms with E-state index in [1.807, 2.05) is 20.8 Å². The summed E-state index contributed by atoms with van der Waals surface area (Å²) in [4.78, 5) is 0. The molecule has 0 unspecified atom stereocenters. The normalized spacial score (nSPS) is 11.1. The van der Waals surface area contributed by atoms with E-state index in [0.29, 0.717) is 5.69 Å². The highest BCUT2D eigenvalue weighted by Gasteiger charge is 2.12. The molecule has 0 saturated heterocycles. The molecule has 2 N–H and O–H groups in total. The number of hydrogen-bond donors (Lipinski definition) is 2. The van der Waals surface area contributed by atoms with Crippen LogP contribution in [0.4, 0.5) is 5.69 Å². The molecule has 3 heteroatoms. The highest BCUT2D eigenvalue weighted by atomic mass is 16.5. The summed E-state index contributed by atoms with van der Waals surface area (Å²) in [5.74, 6) is 0.980. The average molecular weight is 195 g/mol. The van der Waals surface area contributed by atoms with E-state index in [0.717, 1.165) is 5.75 Å². The molecule has 1 rings (SSSR count). The van der Waals surface area contributed by atoms with Gasteiger partial charge in [0.1, 0.15) is 17.1 Å². The third kappa shape index (κ3) is 2.83. The van der Waals surface area contributed by atoms with Crippen molar-refractivity contribution in [2.75, 3.05) is 12.4 Å². The highest BCUT2D eigenvalue weighted by Crippen LogP contribution is 2.29. The van der Waals surface area contributed by atoms with Crippen LogP contribution in [0.25, 0.3) is 0 Å². The standard InChI is InChI=1S/C11H17NO2/c1-11(2,3)14-8-5-6-10(13)9(7-8)12-4/h5-7,12-13H,1-4H3. The quantitative estimate of drug-likeness (QED) is 0.713. The Labute approximate surface area is 84.7 Å². The predicted octanol–water partition coefficient (Wildman–Crippen LogP) is 2.61. The van der Waals surface area contributed by atoms with Crippen LogP contribution >= 0.6 is 0 Å². The lowest BCUT2D eigenvalue weighted by molar-refractivity contribution is 0.131. The highest BCUT2D eigenvalue weighted by molar-refractivity contribution is 5.58. The summed E-state index contributed by atoms with van der Waals surface area (Å²) in [5, 5.41) is 12.3. The number of anilines is 1. The van der Waals surface area contributed by atoms with Crippen LogP contribution in [0.2, 0.25) is 0 Å². The van der Waals surface area contributed by atoms with E-state index in [9.17, 15) is 5.11 Å². The van der Waals surface area contributed by atoms with E-state index in [1.54, 1.807) is 25.2 Å². The summed E-state index contributed by atoms with van der Waals surface area (Å²) in [7, 11) is 1.76. The molecular weight excluding hydrogens is 178 g/mol. The van der Waals surface area contributed by atoms with Gasteiger partial charge in [0.15, 0.2) is 0 Å². The van der Waals surface area contributed by atoms with Crippen LogP contribution in [0, 0.1) is 0 Å². The van der Waals surface area contributed by atoms with Crippen LogP contribution in [0.15, 0.2) is 18.2 Å². The molecule has 1 aromatic carbocycles. The van der Waals surface area contributed by atoms with E-state index >= 15 is 0 Å². The molecule has 0 aliphatic rings. The fourth-order valence-corrected chi connectivity index (χ4v) is 1.13. The lowest BCUT2D eigenvalue weighted by Crippen LogP contribution is -2.22. The molecule has 0 radical (unpaired) electrons. The van der Waals surface area contributed by atoms with E-state index < -0.39 is 0 Å². The molecule has 0 spiro atoms. The largest absolute Gasteiger partial charge is 0.506 e. The fraction of sp³-hybridized carbons (Fsp3) is 0.455. The van der Waals surface area contributed by atoms with Crippen molar-refractivity contribution in [2.45, 2.75) is 26.4 Å². The fourth-order valence-electron chi connectivity index (χ4n) is 1.13. The zero-order chi connectivity index (χ0) is 10.8.